The maximum atomic E-state index is 13.7. The summed E-state index contributed by atoms with van der Waals surface area (Å²) in [7, 11) is 1.65. The number of piperidine rings is 1. The molecule has 2 amide bonds. The van der Waals surface area contributed by atoms with E-state index in [1.54, 1.807) is 14.0 Å². The van der Waals surface area contributed by atoms with E-state index in [1.165, 1.54) is 0 Å². The van der Waals surface area contributed by atoms with Crippen molar-refractivity contribution in [3.63, 3.8) is 0 Å². The summed E-state index contributed by atoms with van der Waals surface area (Å²) in [4.78, 5) is 55.2. The summed E-state index contributed by atoms with van der Waals surface area (Å²) in [5, 5.41) is 6.17. The molecule has 284 valence electrons. The number of amides is 2. The van der Waals surface area contributed by atoms with E-state index in [1.807, 2.05) is 122 Å². The second-order valence-electron chi connectivity index (χ2n) is 14.0. The molecule has 3 atom stereocenters. The molecule has 1 aliphatic rings. The molecule has 4 aromatic carbocycles. The zero-order valence-electron chi connectivity index (χ0n) is 31.4. The summed E-state index contributed by atoms with van der Waals surface area (Å²) in [6.07, 6.45) is 1.33. The summed E-state index contributed by atoms with van der Waals surface area (Å²) in [6.45, 7) is 5.64. The minimum absolute atomic E-state index is 0.0252. The van der Waals surface area contributed by atoms with Gasteiger partial charge in [-0.3, -0.25) is 14.4 Å². The van der Waals surface area contributed by atoms with Gasteiger partial charge in [0.2, 0.25) is 11.8 Å². The normalized spacial score (nSPS) is 15.3. The van der Waals surface area contributed by atoms with Gasteiger partial charge in [-0.1, -0.05) is 103 Å². The molecule has 1 heterocycles. The van der Waals surface area contributed by atoms with Crippen LogP contribution in [0.3, 0.4) is 0 Å². The molecule has 2 N–H and O–H groups in total. The van der Waals surface area contributed by atoms with E-state index in [2.05, 4.69) is 15.5 Å². The zero-order chi connectivity index (χ0) is 38.3. The summed E-state index contributed by atoms with van der Waals surface area (Å²) >= 11 is 0. The lowest BCUT2D eigenvalue weighted by atomic mass is 9.86. The minimum Gasteiger partial charge on any atom is -0.461 e. The maximum absolute atomic E-state index is 13.7. The zero-order valence-corrected chi connectivity index (χ0v) is 31.4. The molecule has 1 fully saturated rings. The van der Waals surface area contributed by atoms with Crippen LogP contribution in [0.15, 0.2) is 115 Å². The van der Waals surface area contributed by atoms with Gasteiger partial charge >= 0.3 is 11.9 Å². The number of nitrogens with one attached hydrogen (secondary N) is 2. The highest BCUT2D eigenvalue weighted by Gasteiger charge is 2.37. The van der Waals surface area contributed by atoms with Crippen LogP contribution in [0.2, 0.25) is 0 Å². The third-order valence-electron chi connectivity index (χ3n) is 10.1. The van der Waals surface area contributed by atoms with Crippen molar-refractivity contribution in [3.05, 3.63) is 138 Å². The molecule has 1 saturated heterocycles. The first kappa shape index (κ1) is 39.7. The van der Waals surface area contributed by atoms with Crippen molar-refractivity contribution in [2.24, 2.45) is 0 Å². The number of ether oxygens (including phenoxy) is 3. The molecule has 2 unspecified atom stereocenters. The van der Waals surface area contributed by atoms with Gasteiger partial charge in [0.05, 0.1) is 24.0 Å². The van der Waals surface area contributed by atoms with Crippen LogP contribution in [0.5, 0.6) is 0 Å². The van der Waals surface area contributed by atoms with Crippen LogP contribution in [0, 0.1) is 0 Å². The summed E-state index contributed by atoms with van der Waals surface area (Å²) in [6, 6.07) is 35.1. The van der Waals surface area contributed by atoms with E-state index in [-0.39, 0.29) is 43.8 Å². The Balaban J connectivity index is 1.20. The fourth-order valence-corrected chi connectivity index (χ4v) is 6.63. The molecular formula is C44H51N3O7. The van der Waals surface area contributed by atoms with Crippen LogP contribution < -0.4 is 15.5 Å². The smallest absolute Gasteiger partial charge is 0.328 e. The molecular weight excluding hydrogens is 682 g/mol. The Kier molecular flexibility index (Phi) is 14.4. The monoisotopic (exact) mass is 733 g/mol. The molecule has 4 aromatic rings. The number of nitrogens with zero attached hydrogens (tertiary/aromatic N) is 1. The molecule has 0 spiro atoms. The SMILES string of the molecule is COCC1(NC(=O)C(C)c2ccccc2)CCN(c2cccc(C(C)C(=O)N[C@@H](CCC(=O)OCc3ccccc3)C(=O)OCc3ccccc3)c2)CC1. The molecule has 54 heavy (non-hydrogen) atoms. The summed E-state index contributed by atoms with van der Waals surface area (Å²) in [5.74, 6) is -2.38. The maximum Gasteiger partial charge on any atom is 0.328 e. The Hall–Kier alpha value is -5.48. The number of carbonyl (C=O) groups excluding carboxylic acids is 4. The fourth-order valence-electron chi connectivity index (χ4n) is 6.63. The highest BCUT2D eigenvalue weighted by Crippen LogP contribution is 2.30. The average molecular weight is 734 g/mol. The minimum atomic E-state index is -1.05. The predicted octanol–water partition coefficient (Wildman–Crippen LogP) is 6.45. The van der Waals surface area contributed by atoms with E-state index in [0.717, 1.165) is 27.9 Å². The molecule has 10 nitrogen and oxygen atoms in total. The van der Waals surface area contributed by atoms with Gasteiger partial charge in [-0.15, -0.1) is 0 Å². The number of benzene rings is 4. The van der Waals surface area contributed by atoms with Crippen LogP contribution in [0.4, 0.5) is 5.69 Å². The Morgan fingerprint density at radius 3 is 1.87 bits per heavy atom. The van der Waals surface area contributed by atoms with Crippen molar-refractivity contribution >= 4 is 29.4 Å². The van der Waals surface area contributed by atoms with Gasteiger partial charge in [-0.2, -0.15) is 0 Å². The Bertz CT molecular complexity index is 1810. The number of anilines is 1. The van der Waals surface area contributed by atoms with E-state index in [0.29, 0.717) is 32.5 Å². The quantitative estimate of drug-likeness (QED) is 0.119. The van der Waals surface area contributed by atoms with Crippen LogP contribution in [0.25, 0.3) is 0 Å². The second-order valence-corrected chi connectivity index (χ2v) is 14.0. The molecule has 0 bridgehead atoms. The van der Waals surface area contributed by atoms with Crippen LogP contribution in [-0.2, 0) is 46.6 Å². The highest BCUT2D eigenvalue weighted by atomic mass is 16.5. The van der Waals surface area contributed by atoms with Gasteiger partial charge in [0.25, 0.3) is 0 Å². The van der Waals surface area contributed by atoms with Crippen LogP contribution in [0.1, 0.15) is 73.6 Å². The van der Waals surface area contributed by atoms with Gasteiger partial charge in [-0.25, -0.2) is 4.79 Å². The van der Waals surface area contributed by atoms with Gasteiger partial charge in [0.1, 0.15) is 19.3 Å². The standard InChI is InChI=1S/C44H51N3O7/c1-32(36-18-11-6-12-19-36)42(50)46-44(31-52-3)24-26-47(27-25-44)38-21-13-20-37(28-38)33(2)41(49)45-39(43(51)54-30-35-16-9-5-10-17-35)22-23-40(48)53-29-34-14-7-4-8-15-34/h4-21,28,32-33,39H,22-27,29-31H2,1-3H3,(H,45,49)(H,46,50)/t32?,33?,39-/m0/s1. The largest absolute Gasteiger partial charge is 0.461 e. The first-order valence-electron chi connectivity index (χ1n) is 18.6. The number of rotatable bonds is 17. The molecule has 0 radical (unpaired) electrons. The topological polar surface area (TPSA) is 123 Å². The number of methoxy groups -OCH3 is 1. The third kappa shape index (κ3) is 11.3. The van der Waals surface area contributed by atoms with Crippen molar-refractivity contribution in [2.45, 2.75) is 76.2 Å². The molecule has 10 heteroatoms. The van der Waals surface area contributed by atoms with Crippen molar-refractivity contribution in [3.8, 4) is 0 Å². The second kappa shape index (κ2) is 19.6. The van der Waals surface area contributed by atoms with E-state index in [9.17, 15) is 19.2 Å². The average Bonchev–Trinajstić information content (AvgIpc) is 3.21. The van der Waals surface area contributed by atoms with Crippen molar-refractivity contribution in [2.75, 3.05) is 31.7 Å². The van der Waals surface area contributed by atoms with Crippen molar-refractivity contribution in [1.29, 1.82) is 0 Å². The summed E-state index contributed by atoms with van der Waals surface area (Å²) in [5.41, 5.74) is 3.88. The van der Waals surface area contributed by atoms with E-state index in [4.69, 9.17) is 14.2 Å². The number of hydrogen-bond donors (Lipinski definition) is 2. The van der Waals surface area contributed by atoms with Crippen molar-refractivity contribution < 1.29 is 33.4 Å². The first-order chi connectivity index (χ1) is 26.2. The van der Waals surface area contributed by atoms with Gasteiger partial charge in [-0.05, 0) is 67.5 Å². The lowest BCUT2D eigenvalue weighted by molar-refractivity contribution is -0.150. The van der Waals surface area contributed by atoms with Gasteiger partial charge < -0.3 is 29.7 Å². The fraction of sp³-hybridized carbons (Fsp3) is 0.364. The number of hydrogen-bond acceptors (Lipinski definition) is 8. The lowest BCUT2D eigenvalue weighted by Crippen LogP contribution is -2.58. The van der Waals surface area contributed by atoms with E-state index < -0.39 is 29.4 Å². The Morgan fingerprint density at radius 1 is 0.704 bits per heavy atom. The molecule has 5 rings (SSSR count). The van der Waals surface area contributed by atoms with E-state index >= 15 is 0 Å². The van der Waals surface area contributed by atoms with Gasteiger partial charge in [0, 0.05) is 32.3 Å². The Labute approximate surface area is 318 Å². The van der Waals surface area contributed by atoms with Crippen LogP contribution in [-0.4, -0.2) is 62.1 Å². The van der Waals surface area contributed by atoms with Gasteiger partial charge in [0.15, 0.2) is 0 Å². The summed E-state index contributed by atoms with van der Waals surface area (Å²) < 4.78 is 16.6. The molecule has 0 aromatic heterocycles. The number of esters is 2. The predicted molar refractivity (Wildman–Crippen MR) is 208 cm³/mol. The third-order valence-corrected chi connectivity index (χ3v) is 10.1. The molecule has 0 aliphatic carbocycles. The Morgan fingerprint density at radius 2 is 1.26 bits per heavy atom. The molecule has 0 saturated carbocycles. The highest BCUT2D eigenvalue weighted by molar-refractivity contribution is 5.89. The molecule has 1 aliphatic heterocycles. The van der Waals surface area contributed by atoms with Crippen molar-refractivity contribution in [1.82, 2.24) is 10.6 Å². The number of carbonyl (C=O) groups is 4. The lowest BCUT2D eigenvalue weighted by Gasteiger charge is -2.43. The first-order valence-corrected chi connectivity index (χ1v) is 18.6. The van der Waals surface area contributed by atoms with Crippen LogP contribution >= 0.6 is 0 Å².